The molecule has 0 amide bonds. The van der Waals surface area contributed by atoms with Gasteiger partial charge in [0.15, 0.2) is 0 Å². The zero-order valence-corrected chi connectivity index (χ0v) is 14.8. The quantitative estimate of drug-likeness (QED) is 0.633. The van der Waals surface area contributed by atoms with E-state index in [-0.39, 0.29) is 17.5 Å². The van der Waals surface area contributed by atoms with E-state index in [0.29, 0.717) is 0 Å². The van der Waals surface area contributed by atoms with Crippen LogP contribution in [-0.2, 0) is 9.53 Å². The van der Waals surface area contributed by atoms with E-state index in [0.717, 1.165) is 30.1 Å². The summed E-state index contributed by atoms with van der Waals surface area (Å²) >= 11 is 0. The number of fused-ring (bicyclic) bond motifs is 5. The summed E-state index contributed by atoms with van der Waals surface area (Å²) in [7, 11) is 0. The Morgan fingerprint density at radius 1 is 1.22 bits per heavy atom. The van der Waals surface area contributed by atoms with Gasteiger partial charge >= 0.3 is 5.97 Å². The summed E-state index contributed by atoms with van der Waals surface area (Å²) < 4.78 is 5.72. The number of allylic oxidation sites excluding steroid dienone is 4. The number of hydrogen-bond acceptors (Lipinski definition) is 2. The number of ether oxygens (including phenoxy) is 1. The molecule has 2 fully saturated rings. The average molecular weight is 314 g/mol. The topological polar surface area (TPSA) is 26.3 Å². The van der Waals surface area contributed by atoms with Gasteiger partial charge in [0.05, 0.1) is 0 Å². The van der Waals surface area contributed by atoms with Crippen LogP contribution in [0.2, 0.25) is 0 Å². The number of hydrogen-bond donors (Lipinski definition) is 0. The van der Waals surface area contributed by atoms with Gasteiger partial charge in [-0.2, -0.15) is 0 Å². The molecular weight excluding hydrogens is 284 g/mol. The fraction of sp³-hybridized carbons (Fsp3) is 0.762. The predicted octanol–water partition coefficient (Wildman–Crippen LogP) is 5.05. The van der Waals surface area contributed by atoms with Crippen LogP contribution in [0, 0.1) is 29.1 Å². The average Bonchev–Trinajstić information content (AvgIpc) is 2.83. The van der Waals surface area contributed by atoms with Crippen molar-refractivity contribution in [3.8, 4) is 0 Å². The molecule has 4 rings (SSSR count). The van der Waals surface area contributed by atoms with Gasteiger partial charge in [-0.15, -0.1) is 0 Å². The maximum absolute atomic E-state index is 11.5. The molecule has 0 N–H and O–H groups in total. The SMILES string of the molecule is CC(=O)O[C@H]1CCC2C3CC=C4C=C(C)CC[C@@H]4C3CC[C@@]21C. The van der Waals surface area contributed by atoms with E-state index in [2.05, 4.69) is 26.0 Å². The van der Waals surface area contributed by atoms with E-state index in [9.17, 15) is 4.79 Å². The second-order valence-electron chi connectivity index (χ2n) is 8.73. The highest BCUT2D eigenvalue weighted by molar-refractivity contribution is 5.66. The van der Waals surface area contributed by atoms with E-state index < -0.39 is 0 Å². The number of carbonyl (C=O) groups excluding carboxylic acids is 1. The number of rotatable bonds is 1. The minimum atomic E-state index is -0.0993. The second-order valence-corrected chi connectivity index (χ2v) is 8.73. The third kappa shape index (κ3) is 2.40. The number of esters is 1. The van der Waals surface area contributed by atoms with Crippen LogP contribution >= 0.6 is 0 Å². The Labute approximate surface area is 140 Å². The normalized spacial score (nSPS) is 45.3. The van der Waals surface area contributed by atoms with Crippen molar-refractivity contribution in [3.63, 3.8) is 0 Å². The zero-order valence-electron chi connectivity index (χ0n) is 14.8. The van der Waals surface area contributed by atoms with Gasteiger partial charge in [-0.05, 0) is 81.1 Å². The van der Waals surface area contributed by atoms with E-state index >= 15 is 0 Å². The Morgan fingerprint density at radius 3 is 2.83 bits per heavy atom. The molecule has 23 heavy (non-hydrogen) atoms. The van der Waals surface area contributed by atoms with Crippen molar-refractivity contribution in [2.45, 2.75) is 71.8 Å². The first-order valence-electron chi connectivity index (χ1n) is 9.53. The number of carbonyl (C=O) groups is 1. The van der Waals surface area contributed by atoms with Crippen LogP contribution in [0.25, 0.3) is 0 Å². The Hall–Kier alpha value is -1.05. The Bertz CT molecular complexity index is 572. The van der Waals surface area contributed by atoms with Crippen molar-refractivity contribution in [1.82, 2.24) is 0 Å². The highest BCUT2D eigenvalue weighted by atomic mass is 16.5. The van der Waals surface area contributed by atoms with Gasteiger partial charge in [0.25, 0.3) is 0 Å². The van der Waals surface area contributed by atoms with Gasteiger partial charge in [0, 0.05) is 12.3 Å². The van der Waals surface area contributed by atoms with Crippen molar-refractivity contribution < 1.29 is 9.53 Å². The van der Waals surface area contributed by atoms with Crippen molar-refractivity contribution in [2.24, 2.45) is 29.1 Å². The van der Waals surface area contributed by atoms with E-state index in [4.69, 9.17) is 4.74 Å². The molecule has 2 saturated carbocycles. The van der Waals surface area contributed by atoms with Crippen molar-refractivity contribution >= 4 is 5.97 Å². The lowest BCUT2D eigenvalue weighted by atomic mass is 9.53. The van der Waals surface area contributed by atoms with Crippen LogP contribution in [0.5, 0.6) is 0 Å². The zero-order chi connectivity index (χ0) is 16.2. The smallest absolute Gasteiger partial charge is 0.302 e. The van der Waals surface area contributed by atoms with Crippen molar-refractivity contribution in [1.29, 1.82) is 0 Å². The lowest BCUT2D eigenvalue weighted by Crippen LogP contribution is -2.47. The molecule has 126 valence electrons. The van der Waals surface area contributed by atoms with Crippen LogP contribution in [-0.4, -0.2) is 12.1 Å². The molecule has 0 aromatic heterocycles. The van der Waals surface area contributed by atoms with E-state index in [1.807, 2.05) is 0 Å². The highest BCUT2D eigenvalue weighted by Gasteiger charge is 2.56. The first kappa shape index (κ1) is 15.5. The van der Waals surface area contributed by atoms with E-state index in [1.54, 1.807) is 18.1 Å². The van der Waals surface area contributed by atoms with Crippen LogP contribution in [0.3, 0.4) is 0 Å². The maximum atomic E-state index is 11.5. The van der Waals surface area contributed by atoms with Crippen LogP contribution in [0.1, 0.15) is 65.7 Å². The van der Waals surface area contributed by atoms with Crippen LogP contribution in [0.15, 0.2) is 23.3 Å². The monoisotopic (exact) mass is 314 g/mol. The largest absolute Gasteiger partial charge is 0.462 e. The summed E-state index contributed by atoms with van der Waals surface area (Å²) in [5.41, 5.74) is 3.41. The third-order valence-corrected chi connectivity index (χ3v) is 7.55. The lowest BCUT2D eigenvalue weighted by Gasteiger charge is -2.52. The molecule has 2 heteroatoms. The summed E-state index contributed by atoms with van der Waals surface area (Å²) in [6.45, 7) is 6.25. The molecule has 3 unspecified atom stereocenters. The highest BCUT2D eigenvalue weighted by Crippen LogP contribution is 2.61. The summed E-state index contributed by atoms with van der Waals surface area (Å²) in [5.74, 6) is 3.13. The van der Waals surface area contributed by atoms with Gasteiger partial charge in [0.2, 0.25) is 0 Å². The maximum Gasteiger partial charge on any atom is 0.302 e. The molecule has 0 aliphatic heterocycles. The minimum Gasteiger partial charge on any atom is -0.462 e. The van der Waals surface area contributed by atoms with Gasteiger partial charge in [-0.1, -0.05) is 24.6 Å². The van der Waals surface area contributed by atoms with Crippen molar-refractivity contribution in [3.05, 3.63) is 23.3 Å². The molecule has 0 aromatic rings. The summed E-state index contributed by atoms with van der Waals surface area (Å²) in [6, 6.07) is 0. The van der Waals surface area contributed by atoms with Crippen molar-refractivity contribution in [2.75, 3.05) is 0 Å². The first-order chi connectivity index (χ1) is 11.0. The van der Waals surface area contributed by atoms with Gasteiger partial charge in [-0.3, -0.25) is 4.79 Å². The van der Waals surface area contributed by atoms with E-state index in [1.165, 1.54) is 38.5 Å². The molecule has 0 radical (unpaired) electrons. The van der Waals surface area contributed by atoms with Gasteiger partial charge in [-0.25, -0.2) is 0 Å². The summed E-state index contributed by atoms with van der Waals surface area (Å²) in [5, 5.41) is 0. The molecule has 0 saturated heterocycles. The Balaban J connectivity index is 1.59. The molecule has 0 aromatic carbocycles. The summed E-state index contributed by atoms with van der Waals surface area (Å²) in [4.78, 5) is 11.5. The fourth-order valence-corrected chi connectivity index (χ4v) is 6.46. The molecule has 6 atom stereocenters. The first-order valence-corrected chi connectivity index (χ1v) is 9.53. The molecule has 0 spiro atoms. The molecule has 0 heterocycles. The van der Waals surface area contributed by atoms with Gasteiger partial charge in [0.1, 0.15) is 6.10 Å². The molecular formula is C21H30O2. The third-order valence-electron chi connectivity index (χ3n) is 7.55. The van der Waals surface area contributed by atoms with Crippen LogP contribution < -0.4 is 0 Å². The van der Waals surface area contributed by atoms with Crippen LogP contribution in [0.4, 0.5) is 0 Å². The summed E-state index contributed by atoms with van der Waals surface area (Å²) in [6.07, 6.45) is 13.9. The molecule has 2 nitrogen and oxygen atoms in total. The fourth-order valence-electron chi connectivity index (χ4n) is 6.46. The minimum absolute atomic E-state index is 0.0993. The molecule has 4 aliphatic rings. The lowest BCUT2D eigenvalue weighted by molar-refractivity contribution is -0.155. The Kier molecular flexibility index (Phi) is 3.70. The van der Waals surface area contributed by atoms with Gasteiger partial charge < -0.3 is 4.74 Å². The Morgan fingerprint density at radius 2 is 2.04 bits per heavy atom. The molecule has 0 bridgehead atoms. The standard InChI is InChI=1S/C21H30O2/c1-13-4-6-16-15(12-13)5-7-18-17(16)10-11-21(3)19(18)8-9-20(21)23-14(2)22/h5,12,16-20H,4,6-11H2,1-3H3/t16-,17?,18?,19?,20-,21-/m0/s1. The predicted molar refractivity (Wildman–Crippen MR) is 91.8 cm³/mol. The molecule has 4 aliphatic carbocycles. The second kappa shape index (κ2) is 5.50.